The molecule has 0 fully saturated rings. The molecule has 1 aromatic rings. The van der Waals surface area contributed by atoms with E-state index in [2.05, 4.69) is 0 Å². The number of hydrogen-bond donors (Lipinski definition) is 1. The zero-order valence-electron chi connectivity index (χ0n) is 10.1. The maximum absolute atomic E-state index is 12.1. The number of carbonyl (C=O) groups is 2. The fourth-order valence-corrected chi connectivity index (χ4v) is 1.91. The summed E-state index contributed by atoms with van der Waals surface area (Å²) < 4.78 is 0. The Labute approximate surface area is 100 Å². The standard InChI is InChI=1S/C13H16N2O2/c1-3-8(2)7-15-12(16)10-5-4-9(14)6-11(10)13(15)17/h4-6,8H,3,7,14H2,1-2H3. The van der Waals surface area contributed by atoms with Gasteiger partial charge in [-0.3, -0.25) is 14.5 Å². The van der Waals surface area contributed by atoms with Crippen molar-refractivity contribution in [3.8, 4) is 0 Å². The topological polar surface area (TPSA) is 63.4 Å². The Hall–Kier alpha value is -1.84. The molecule has 1 aliphatic heterocycles. The number of anilines is 1. The number of carbonyl (C=O) groups excluding carboxylic acids is 2. The van der Waals surface area contributed by atoms with Crippen molar-refractivity contribution in [1.82, 2.24) is 4.90 Å². The Morgan fingerprint density at radius 3 is 2.53 bits per heavy atom. The first-order valence-corrected chi connectivity index (χ1v) is 5.80. The molecule has 4 heteroatoms. The molecular formula is C13H16N2O2. The Bertz CT molecular complexity index is 482. The average Bonchev–Trinajstić information content (AvgIpc) is 2.54. The third-order valence-corrected chi connectivity index (χ3v) is 3.19. The lowest BCUT2D eigenvalue weighted by atomic mass is 10.1. The van der Waals surface area contributed by atoms with Crippen LogP contribution in [0.25, 0.3) is 0 Å². The van der Waals surface area contributed by atoms with Gasteiger partial charge < -0.3 is 5.73 Å². The number of fused-ring (bicyclic) bond motifs is 1. The lowest BCUT2D eigenvalue weighted by Crippen LogP contribution is -2.33. The van der Waals surface area contributed by atoms with E-state index in [0.29, 0.717) is 29.3 Å². The van der Waals surface area contributed by atoms with Gasteiger partial charge in [-0.1, -0.05) is 20.3 Å². The second-order valence-electron chi connectivity index (χ2n) is 4.54. The number of nitrogens with two attached hydrogens (primary N) is 1. The van der Waals surface area contributed by atoms with Gasteiger partial charge in [0.15, 0.2) is 0 Å². The highest BCUT2D eigenvalue weighted by Gasteiger charge is 2.35. The van der Waals surface area contributed by atoms with Gasteiger partial charge in [0.25, 0.3) is 11.8 Å². The van der Waals surface area contributed by atoms with Crippen molar-refractivity contribution in [2.24, 2.45) is 5.92 Å². The van der Waals surface area contributed by atoms with E-state index < -0.39 is 0 Å². The normalized spacial score (nSPS) is 16.2. The summed E-state index contributed by atoms with van der Waals surface area (Å²) in [5.41, 5.74) is 7.03. The van der Waals surface area contributed by atoms with Crippen LogP contribution in [0, 0.1) is 5.92 Å². The number of imide groups is 1. The Balaban J connectivity index is 2.32. The van der Waals surface area contributed by atoms with Crippen LogP contribution in [0.1, 0.15) is 41.0 Å². The van der Waals surface area contributed by atoms with E-state index in [4.69, 9.17) is 5.73 Å². The lowest BCUT2D eigenvalue weighted by Gasteiger charge is -2.17. The molecule has 2 rings (SSSR count). The van der Waals surface area contributed by atoms with Gasteiger partial charge in [-0.05, 0) is 24.1 Å². The molecule has 2 N–H and O–H groups in total. The third kappa shape index (κ3) is 1.90. The molecule has 17 heavy (non-hydrogen) atoms. The van der Waals surface area contributed by atoms with E-state index in [1.807, 2.05) is 13.8 Å². The zero-order valence-corrected chi connectivity index (χ0v) is 10.1. The van der Waals surface area contributed by atoms with Crippen molar-refractivity contribution >= 4 is 17.5 Å². The van der Waals surface area contributed by atoms with Gasteiger partial charge in [-0.2, -0.15) is 0 Å². The second kappa shape index (κ2) is 4.20. The molecule has 1 heterocycles. The van der Waals surface area contributed by atoms with Crippen LogP contribution in [0.4, 0.5) is 5.69 Å². The highest BCUT2D eigenvalue weighted by molar-refractivity contribution is 6.21. The Kier molecular flexibility index (Phi) is 2.88. The quantitative estimate of drug-likeness (QED) is 0.639. The van der Waals surface area contributed by atoms with E-state index in [0.717, 1.165) is 6.42 Å². The van der Waals surface area contributed by atoms with E-state index in [1.54, 1.807) is 18.2 Å². The minimum atomic E-state index is -0.224. The molecule has 4 nitrogen and oxygen atoms in total. The maximum atomic E-state index is 12.1. The number of nitrogens with zero attached hydrogens (tertiary/aromatic N) is 1. The van der Waals surface area contributed by atoms with Gasteiger partial charge >= 0.3 is 0 Å². The van der Waals surface area contributed by atoms with Crippen LogP contribution >= 0.6 is 0 Å². The molecule has 1 unspecified atom stereocenters. The van der Waals surface area contributed by atoms with Crippen molar-refractivity contribution in [2.45, 2.75) is 20.3 Å². The zero-order chi connectivity index (χ0) is 12.6. The predicted octanol–water partition coefficient (Wildman–Crippen LogP) is 1.91. The van der Waals surface area contributed by atoms with Crippen molar-refractivity contribution in [2.75, 3.05) is 12.3 Å². The first-order chi connectivity index (χ1) is 8.04. The molecule has 0 aliphatic carbocycles. The average molecular weight is 232 g/mol. The van der Waals surface area contributed by atoms with E-state index in [-0.39, 0.29) is 11.8 Å². The molecular weight excluding hydrogens is 216 g/mol. The number of amides is 2. The molecule has 0 saturated carbocycles. The van der Waals surface area contributed by atoms with E-state index in [9.17, 15) is 9.59 Å². The third-order valence-electron chi connectivity index (χ3n) is 3.19. The summed E-state index contributed by atoms with van der Waals surface area (Å²) in [5.74, 6) is -0.113. The van der Waals surface area contributed by atoms with Crippen LogP contribution in [0.15, 0.2) is 18.2 Å². The molecule has 0 spiro atoms. The van der Waals surface area contributed by atoms with Gasteiger partial charge in [0.1, 0.15) is 0 Å². The van der Waals surface area contributed by atoms with Crippen molar-refractivity contribution < 1.29 is 9.59 Å². The molecule has 0 saturated heterocycles. The fraction of sp³-hybridized carbons (Fsp3) is 0.385. The predicted molar refractivity (Wildman–Crippen MR) is 65.7 cm³/mol. The summed E-state index contributed by atoms with van der Waals surface area (Å²) in [6, 6.07) is 4.85. The lowest BCUT2D eigenvalue weighted by molar-refractivity contribution is 0.0631. The SMILES string of the molecule is CCC(C)CN1C(=O)c2ccc(N)cc2C1=O. The first kappa shape index (κ1) is 11.6. The summed E-state index contributed by atoms with van der Waals surface area (Å²) in [5, 5.41) is 0. The highest BCUT2D eigenvalue weighted by atomic mass is 16.2. The fourth-order valence-electron chi connectivity index (χ4n) is 1.91. The molecule has 1 aliphatic rings. The minimum Gasteiger partial charge on any atom is -0.399 e. The molecule has 90 valence electrons. The van der Waals surface area contributed by atoms with Gasteiger partial charge in [0.05, 0.1) is 11.1 Å². The molecule has 1 atom stereocenters. The van der Waals surface area contributed by atoms with Gasteiger partial charge in [0.2, 0.25) is 0 Å². The molecule has 0 bridgehead atoms. The van der Waals surface area contributed by atoms with Gasteiger partial charge in [-0.25, -0.2) is 0 Å². The molecule has 2 amide bonds. The van der Waals surface area contributed by atoms with E-state index >= 15 is 0 Å². The van der Waals surface area contributed by atoms with Crippen molar-refractivity contribution in [1.29, 1.82) is 0 Å². The Morgan fingerprint density at radius 2 is 1.88 bits per heavy atom. The van der Waals surface area contributed by atoms with E-state index in [1.165, 1.54) is 4.90 Å². The Morgan fingerprint density at radius 1 is 1.24 bits per heavy atom. The van der Waals surface area contributed by atoms with Crippen LogP contribution in [-0.4, -0.2) is 23.3 Å². The molecule has 0 radical (unpaired) electrons. The number of nitrogen functional groups attached to an aromatic ring is 1. The minimum absolute atomic E-state index is 0.203. The number of hydrogen-bond acceptors (Lipinski definition) is 3. The maximum Gasteiger partial charge on any atom is 0.261 e. The summed E-state index contributed by atoms with van der Waals surface area (Å²) >= 11 is 0. The molecule has 0 aromatic heterocycles. The summed E-state index contributed by atoms with van der Waals surface area (Å²) in [4.78, 5) is 25.4. The smallest absolute Gasteiger partial charge is 0.261 e. The van der Waals surface area contributed by atoms with Crippen LogP contribution in [0.2, 0.25) is 0 Å². The summed E-state index contributed by atoms with van der Waals surface area (Å²) in [6.45, 7) is 4.54. The second-order valence-corrected chi connectivity index (χ2v) is 4.54. The van der Waals surface area contributed by atoms with Crippen LogP contribution < -0.4 is 5.73 Å². The first-order valence-electron chi connectivity index (χ1n) is 5.80. The largest absolute Gasteiger partial charge is 0.399 e. The van der Waals surface area contributed by atoms with Gasteiger partial charge in [-0.15, -0.1) is 0 Å². The van der Waals surface area contributed by atoms with Crippen LogP contribution in [0.5, 0.6) is 0 Å². The summed E-state index contributed by atoms with van der Waals surface area (Å²) in [6.07, 6.45) is 0.940. The van der Waals surface area contributed by atoms with Crippen LogP contribution in [0.3, 0.4) is 0 Å². The van der Waals surface area contributed by atoms with Crippen molar-refractivity contribution in [3.63, 3.8) is 0 Å². The summed E-state index contributed by atoms with van der Waals surface area (Å²) in [7, 11) is 0. The molecule has 1 aromatic carbocycles. The highest BCUT2D eigenvalue weighted by Crippen LogP contribution is 2.25. The van der Waals surface area contributed by atoms with Crippen molar-refractivity contribution in [3.05, 3.63) is 29.3 Å². The van der Waals surface area contributed by atoms with Gasteiger partial charge in [0, 0.05) is 12.2 Å². The van der Waals surface area contributed by atoms with Crippen LogP contribution in [-0.2, 0) is 0 Å². The number of rotatable bonds is 3. The number of benzene rings is 1. The monoisotopic (exact) mass is 232 g/mol.